The number of carbonyl (C=O) groups excluding carboxylic acids is 2. The summed E-state index contributed by atoms with van der Waals surface area (Å²) in [4.78, 5) is 49.7. The summed E-state index contributed by atoms with van der Waals surface area (Å²) in [6.07, 6.45) is 2.20. The molecule has 2 aromatic heterocycles. The van der Waals surface area contributed by atoms with Gasteiger partial charge in [0.05, 0.1) is 22.2 Å². The maximum absolute atomic E-state index is 12.5. The third kappa shape index (κ3) is 8.53. The van der Waals surface area contributed by atoms with Gasteiger partial charge in [-0.25, -0.2) is 19.9 Å². The lowest BCUT2D eigenvalue weighted by Crippen LogP contribution is -2.51. The van der Waals surface area contributed by atoms with E-state index in [2.05, 4.69) is 40.2 Å². The number of aromatic nitrogens is 4. The number of anilines is 2. The number of phenolic OH excluding ortho intramolecular Hbond substituents is 2. The van der Waals surface area contributed by atoms with Crippen molar-refractivity contribution in [3.8, 4) is 34.3 Å². The van der Waals surface area contributed by atoms with Crippen LogP contribution in [0.4, 0.5) is 11.6 Å². The first kappa shape index (κ1) is 38.5. The summed E-state index contributed by atoms with van der Waals surface area (Å²) in [6, 6.07) is 26.6. The van der Waals surface area contributed by atoms with Gasteiger partial charge in [-0.3, -0.25) is 9.59 Å². The number of para-hydroxylation sites is 2. The number of nitrogens with one attached hydrogen (secondary N) is 1. The monoisotopic (exact) mass is 770 g/mol. The maximum atomic E-state index is 12.5. The van der Waals surface area contributed by atoms with E-state index in [4.69, 9.17) is 19.9 Å². The number of aromatic hydroxyl groups is 2. The lowest BCUT2D eigenvalue weighted by molar-refractivity contribution is -0.144. The van der Waals surface area contributed by atoms with E-state index in [9.17, 15) is 19.8 Å². The zero-order valence-electron chi connectivity index (χ0n) is 31.9. The van der Waals surface area contributed by atoms with Gasteiger partial charge in [-0.2, -0.15) is 11.8 Å². The Hall–Kier alpha value is -5.79. The maximum Gasteiger partial charge on any atom is 0.290 e. The quantitative estimate of drug-likeness (QED) is 0.156. The Morgan fingerprint density at radius 2 is 1.14 bits per heavy atom. The standard InChI is InChI=1S/C24H26N4O3S.C19H20N4O/c1-16-7-8-17-19(15-16)25-22(18-5-3-4-6-20(18)29)26-23(17)27-10-12-28(13-11-27)24(31)21(30)9-14-32-2;1-13-6-7-14-16(12-13)21-18(15-4-2-3-5-17(15)24)22-19(14)23-10-8-20-9-11-23/h3-8,15,29H,9-14H2,1-2H3;2-7,12,20,24H,8-11H2,1H3. The summed E-state index contributed by atoms with van der Waals surface area (Å²) >= 11 is 1.56. The van der Waals surface area contributed by atoms with E-state index in [1.54, 1.807) is 47.0 Å². The number of benzene rings is 4. The van der Waals surface area contributed by atoms with Crippen LogP contribution in [0.1, 0.15) is 17.5 Å². The first-order chi connectivity index (χ1) is 27.2. The van der Waals surface area contributed by atoms with Gasteiger partial charge in [0.15, 0.2) is 11.6 Å². The molecule has 56 heavy (non-hydrogen) atoms. The van der Waals surface area contributed by atoms with Crippen molar-refractivity contribution in [2.24, 2.45) is 0 Å². The number of nitrogens with zero attached hydrogens (tertiary/aromatic N) is 7. The number of fused-ring (bicyclic) bond motifs is 2. The molecule has 0 bridgehead atoms. The molecule has 2 aliphatic rings. The second-order valence-electron chi connectivity index (χ2n) is 14.0. The van der Waals surface area contributed by atoms with Crippen molar-refractivity contribution in [2.75, 3.05) is 74.2 Å². The number of hydrogen-bond donors (Lipinski definition) is 3. The van der Waals surface area contributed by atoms with Crippen LogP contribution >= 0.6 is 11.8 Å². The van der Waals surface area contributed by atoms with Gasteiger partial charge < -0.3 is 30.2 Å². The summed E-state index contributed by atoms with van der Waals surface area (Å²) in [5, 5.41) is 25.9. The number of thioether (sulfide) groups is 1. The van der Waals surface area contributed by atoms with Crippen LogP contribution in [0.25, 0.3) is 44.6 Å². The summed E-state index contributed by atoms with van der Waals surface area (Å²) in [5.41, 5.74) is 5.21. The zero-order valence-corrected chi connectivity index (χ0v) is 32.7. The average molecular weight is 771 g/mol. The Balaban J connectivity index is 0.000000178. The molecule has 2 saturated heterocycles. The molecule has 1 amide bonds. The molecule has 0 radical (unpaired) electrons. The Bertz CT molecular complexity index is 2380. The molecule has 6 aromatic rings. The van der Waals surface area contributed by atoms with E-state index < -0.39 is 5.91 Å². The van der Waals surface area contributed by atoms with Gasteiger partial charge in [-0.1, -0.05) is 36.4 Å². The zero-order chi connectivity index (χ0) is 39.2. The molecule has 3 N–H and O–H groups in total. The number of aryl methyl sites for hydroxylation is 2. The van der Waals surface area contributed by atoms with Crippen molar-refractivity contribution < 1.29 is 19.8 Å². The number of phenols is 2. The lowest BCUT2D eigenvalue weighted by atomic mass is 10.1. The van der Waals surface area contributed by atoms with Gasteiger partial charge in [0.1, 0.15) is 23.1 Å². The predicted molar refractivity (Wildman–Crippen MR) is 225 cm³/mol. The van der Waals surface area contributed by atoms with Crippen molar-refractivity contribution in [3.05, 3.63) is 96.1 Å². The van der Waals surface area contributed by atoms with Gasteiger partial charge in [-0.05, 0) is 79.8 Å². The molecule has 0 unspecified atom stereocenters. The molecular weight excluding hydrogens is 725 g/mol. The summed E-state index contributed by atoms with van der Waals surface area (Å²) < 4.78 is 0. The summed E-state index contributed by atoms with van der Waals surface area (Å²) in [5.74, 6) is 3.02. The van der Waals surface area contributed by atoms with E-state index in [1.807, 2.05) is 49.6 Å². The van der Waals surface area contributed by atoms with Gasteiger partial charge in [0.2, 0.25) is 5.78 Å². The molecule has 0 spiro atoms. The Morgan fingerprint density at radius 1 is 0.661 bits per heavy atom. The highest BCUT2D eigenvalue weighted by atomic mass is 32.2. The highest BCUT2D eigenvalue weighted by Gasteiger charge is 2.27. The number of hydrogen-bond acceptors (Lipinski definition) is 12. The van der Waals surface area contributed by atoms with Crippen molar-refractivity contribution in [1.29, 1.82) is 0 Å². The molecule has 12 nitrogen and oxygen atoms in total. The summed E-state index contributed by atoms with van der Waals surface area (Å²) in [6.45, 7) is 9.88. The van der Waals surface area contributed by atoms with Crippen molar-refractivity contribution in [1.82, 2.24) is 30.2 Å². The van der Waals surface area contributed by atoms with Crippen LogP contribution in [0.15, 0.2) is 84.9 Å². The molecule has 4 heterocycles. The van der Waals surface area contributed by atoms with Gasteiger partial charge >= 0.3 is 0 Å². The topological polar surface area (TPSA) is 148 Å². The minimum absolute atomic E-state index is 0.129. The van der Waals surface area contributed by atoms with E-state index in [0.717, 1.165) is 70.7 Å². The minimum atomic E-state index is -0.392. The largest absolute Gasteiger partial charge is 0.507 e. The Kier molecular flexibility index (Phi) is 11.9. The van der Waals surface area contributed by atoms with Crippen molar-refractivity contribution >= 4 is 56.9 Å². The number of piperazine rings is 2. The Morgan fingerprint density at radius 3 is 1.62 bits per heavy atom. The smallest absolute Gasteiger partial charge is 0.290 e. The fourth-order valence-corrected chi connectivity index (χ4v) is 7.36. The molecule has 0 saturated carbocycles. The van der Waals surface area contributed by atoms with Crippen molar-refractivity contribution in [2.45, 2.75) is 20.3 Å². The van der Waals surface area contributed by atoms with Crippen LogP contribution in [0, 0.1) is 13.8 Å². The molecule has 4 aromatic carbocycles. The van der Waals surface area contributed by atoms with Gasteiger partial charge in [0.25, 0.3) is 5.91 Å². The van der Waals surface area contributed by atoms with Gasteiger partial charge in [-0.15, -0.1) is 0 Å². The van der Waals surface area contributed by atoms with E-state index in [1.165, 1.54) is 0 Å². The number of ketones is 1. The fourth-order valence-electron chi connectivity index (χ4n) is 6.97. The molecule has 13 heteroatoms. The minimum Gasteiger partial charge on any atom is -0.507 e. The van der Waals surface area contributed by atoms with Crippen molar-refractivity contribution in [3.63, 3.8) is 0 Å². The number of carbonyl (C=O) groups is 2. The molecule has 0 atom stereocenters. The highest BCUT2D eigenvalue weighted by molar-refractivity contribution is 7.98. The summed E-state index contributed by atoms with van der Waals surface area (Å²) in [7, 11) is 0. The van der Waals surface area contributed by atoms with E-state index >= 15 is 0 Å². The molecule has 288 valence electrons. The van der Waals surface area contributed by atoms with Crippen LogP contribution in [0.3, 0.4) is 0 Å². The van der Waals surface area contributed by atoms with Gasteiger partial charge in [0, 0.05) is 75.3 Å². The normalized spacial score (nSPS) is 14.4. The first-order valence-corrected chi connectivity index (χ1v) is 20.2. The number of Topliss-reactive ketones (excluding diaryl/α,β-unsaturated/α-hetero) is 1. The predicted octanol–water partition coefficient (Wildman–Crippen LogP) is 6.00. The average Bonchev–Trinajstić information content (AvgIpc) is 3.22. The molecule has 0 aliphatic carbocycles. The molecular formula is C43H46N8O4S. The third-order valence-corrected chi connectivity index (χ3v) is 10.6. The van der Waals surface area contributed by atoms with Crippen LogP contribution in [-0.4, -0.2) is 111 Å². The first-order valence-electron chi connectivity index (χ1n) is 18.9. The third-order valence-electron chi connectivity index (χ3n) is 10.0. The molecule has 8 rings (SSSR count). The number of amides is 1. The fraction of sp³-hybridized carbons (Fsp3) is 0.302. The SMILES string of the molecule is CSCCC(=O)C(=O)N1CCN(c2nc(-c3ccccc3O)nc3cc(C)ccc23)CC1.Cc1ccc2c(N3CCNCC3)nc(-c3ccccc3O)nc2c1. The highest BCUT2D eigenvalue weighted by Crippen LogP contribution is 2.34. The van der Waals surface area contributed by atoms with E-state index in [-0.39, 0.29) is 23.7 Å². The van der Waals surface area contributed by atoms with Crippen LogP contribution in [0.2, 0.25) is 0 Å². The molecule has 2 fully saturated rings. The van der Waals surface area contributed by atoms with E-state index in [0.29, 0.717) is 54.7 Å². The van der Waals surface area contributed by atoms with Crippen LogP contribution in [0.5, 0.6) is 11.5 Å². The Labute approximate surface area is 330 Å². The second-order valence-corrected chi connectivity index (χ2v) is 15.0. The van der Waals surface area contributed by atoms with Crippen LogP contribution in [-0.2, 0) is 9.59 Å². The molecule has 2 aliphatic heterocycles. The number of rotatable bonds is 8. The second kappa shape index (κ2) is 17.3. The lowest BCUT2D eigenvalue weighted by Gasteiger charge is -2.35. The van der Waals surface area contributed by atoms with Crippen LogP contribution < -0.4 is 15.1 Å².